The van der Waals surface area contributed by atoms with Gasteiger partial charge in [-0.15, -0.1) is 24.0 Å². The average Bonchev–Trinajstić information content (AvgIpc) is 2.87. The van der Waals surface area contributed by atoms with Crippen LogP contribution >= 0.6 is 24.0 Å². The van der Waals surface area contributed by atoms with E-state index in [1.165, 1.54) is 38.8 Å². The average molecular weight is 508 g/mol. The summed E-state index contributed by atoms with van der Waals surface area (Å²) in [6, 6.07) is 0.738. The molecule has 2 aliphatic heterocycles. The van der Waals surface area contributed by atoms with Gasteiger partial charge >= 0.3 is 0 Å². The van der Waals surface area contributed by atoms with Gasteiger partial charge in [-0.2, -0.15) is 0 Å². The molecule has 0 saturated carbocycles. The quantitative estimate of drug-likeness (QED) is 0.218. The van der Waals surface area contributed by atoms with Gasteiger partial charge in [0.15, 0.2) is 5.96 Å². The van der Waals surface area contributed by atoms with Crippen molar-refractivity contribution in [3.05, 3.63) is 0 Å². The summed E-state index contributed by atoms with van der Waals surface area (Å²) in [6.07, 6.45) is 10.3. The topological polar surface area (TPSA) is 60.0 Å². The van der Waals surface area contributed by atoms with Crippen LogP contribution in [0.3, 0.4) is 0 Å². The Morgan fingerprint density at radius 3 is 2.68 bits per heavy atom. The molecule has 1 unspecified atom stereocenters. The monoisotopic (exact) mass is 507 g/mol. The van der Waals surface area contributed by atoms with Gasteiger partial charge < -0.3 is 20.4 Å². The second-order valence-corrected chi connectivity index (χ2v) is 7.97. The van der Waals surface area contributed by atoms with Crippen LogP contribution in [0.25, 0.3) is 0 Å². The van der Waals surface area contributed by atoms with Crippen molar-refractivity contribution in [3.63, 3.8) is 0 Å². The molecule has 0 spiro atoms. The molecule has 0 bridgehead atoms. The predicted molar refractivity (Wildman–Crippen MR) is 129 cm³/mol. The Kier molecular flexibility index (Phi) is 13.9. The minimum atomic E-state index is 0. The summed E-state index contributed by atoms with van der Waals surface area (Å²) >= 11 is 0. The highest BCUT2D eigenvalue weighted by Crippen LogP contribution is 2.16. The fraction of sp³-hybridized carbons (Fsp3) is 0.905. The van der Waals surface area contributed by atoms with Crippen LogP contribution in [-0.4, -0.2) is 73.5 Å². The molecule has 2 N–H and O–H groups in total. The predicted octanol–water partition coefficient (Wildman–Crippen LogP) is 3.22. The standard InChI is InChI=1S/C21H41N5O.HI/c1-3-22-21(23-13-9-17-25-15-8-6-11-19(25)2)24-14-10-18-26-16-7-4-5-12-20(26)27;/h19H,3-18H2,1-2H3,(H2,22,23,24);1H. The first kappa shape index (κ1) is 25.5. The van der Waals surface area contributed by atoms with Crippen LogP contribution < -0.4 is 10.6 Å². The number of hydrogen-bond acceptors (Lipinski definition) is 3. The first-order chi connectivity index (χ1) is 13.2. The molecule has 0 aromatic rings. The molecule has 2 aliphatic rings. The largest absolute Gasteiger partial charge is 0.357 e. The van der Waals surface area contributed by atoms with Crippen molar-refractivity contribution in [2.75, 3.05) is 45.8 Å². The van der Waals surface area contributed by atoms with Crippen molar-refractivity contribution in [3.8, 4) is 0 Å². The SMILES string of the molecule is CCNC(=NCCCN1CCCCCC1=O)NCCCN1CCCCC1C.I. The first-order valence-electron chi connectivity index (χ1n) is 11.2. The van der Waals surface area contributed by atoms with Crippen LogP contribution in [0.15, 0.2) is 4.99 Å². The third-order valence-electron chi connectivity index (χ3n) is 5.73. The highest BCUT2D eigenvalue weighted by Gasteiger charge is 2.17. The van der Waals surface area contributed by atoms with Crippen LogP contribution in [0.5, 0.6) is 0 Å². The van der Waals surface area contributed by atoms with Crippen LogP contribution in [0.1, 0.15) is 71.6 Å². The molecular formula is C21H42IN5O. The number of aliphatic imine (C=N–C) groups is 1. The van der Waals surface area contributed by atoms with Gasteiger partial charge in [-0.3, -0.25) is 9.79 Å². The summed E-state index contributed by atoms with van der Waals surface area (Å²) in [5.74, 6) is 1.24. The number of guanidine groups is 1. The number of carbonyl (C=O) groups excluding carboxylic acids is 1. The second kappa shape index (κ2) is 15.3. The van der Waals surface area contributed by atoms with Crippen molar-refractivity contribution < 1.29 is 4.79 Å². The van der Waals surface area contributed by atoms with Gasteiger partial charge in [0, 0.05) is 51.7 Å². The smallest absolute Gasteiger partial charge is 0.222 e. The zero-order valence-corrected chi connectivity index (χ0v) is 20.4. The van der Waals surface area contributed by atoms with Gasteiger partial charge in [-0.25, -0.2) is 0 Å². The summed E-state index contributed by atoms with van der Waals surface area (Å²) in [5, 5.41) is 6.80. The number of carbonyl (C=O) groups is 1. The number of rotatable bonds is 9. The van der Waals surface area contributed by atoms with E-state index in [1.54, 1.807) is 0 Å². The van der Waals surface area contributed by atoms with Crippen molar-refractivity contribution >= 4 is 35.8 Å². The molecule has 0 aliphatic carbocycles. The van der Waals surface area contributed by atoms with Crippen molar-refractivity contribution in [2.45, 2.75) is 77.7 Å². The van der Waals surface area contributed by atoms with Crippen LogP contribution in [-0.2, 0) is 4.79 Å². The Bertz CT molecular complexity index is 460. The van der Waals surface area contributed by atoms with Gasteiger partial charge in [0.25, 0.3) is 0 Å². The van der Waals surface area contributed by atoms with E-state index in [0.29, 0.717) is 5.91 Å². The maximum absolute atomic E-state index is 12.0. The summed E-state index contributed by atoms with van der Waals surface area (Å²) < 4.78 is 0. The highest BCUT2D eigenvalue weighted by atomic mass is 127. The molecule has 2 heterocycles. The van der Waals surface area contributed by atoms with Crippen LogP contribution in [0.2, 0.25) is 0 Å². The fourth-order valence-electron chi connectivity index (χ4n) is 4.05. The number of piperidine rings is 1. The Labute approximate surface area is 189 Å². The molecule has 2 rings (SSSR count). The summed E-state index contributed by atoms with van der Waals surface area (Å²) in [4.78, 5) is 21.4. The normalized spacial score (nSPS) is 21.8. The molecule has 1 atom stereocenters. The van der Waals surface area contributed by atoms with E-state index >= 15 is 0 Å². The number of nitrogens with one attached hydrogen (secondary N) is 2. The summed E-state index contributed by atoms with van der Waals surface area (Å²) in [6.45, 7) is 11.2. The van der Waals surface area contributed by atoms with Gasteiger partial charge in [0.2, 0.25) is 5.91 Å². The lowest BCUT2D eigenvalue weighted by molar-refractivity contribution is -0.130. The third kappa shape index (κ3) is 9.76. The first-order valence-corrected chi connectivity index (χ1v) is 11.2. The maximum atomic E-state index is 12.0. The molecule has 2 saturated heterocycles. The lowest BCUT2D eigenvalue weighted by Crippen LogP contribution is -2.41. The van der Waals surface area contributed by atoms with Crippen molar-refractivity contribution in [1.82, 2.24) is 20.4 Å². The van der Waals surface area contributed by atoms with E-state index in [1.807, 2.05) is 4.90 Å². The molecule has 0 aromatic heterocycles. The van der Waals surface area contributed by atoms with E-state index in [-0.39, 0.29) is 24.0 Å². The van der Waals surface area contributed by atoms with Crippen molar-refractivity contribution in [2.24, 2.45) is 4.99 Å². The highest BCUT2D eigenvalue weighted by molar-refractivity contribution is 14.0. The van der Waals surface area contributed by atoms with Gasteiger partial charge in [0.05, 0.1) is 0 Å². The number of amides is 1. The van der Waals surface area contributed by atoms with Crippen LogP contribution in [0, 0.1) is 0 Å². The maximum Gasteiger partial charge on any atom is 0.222 e. The Morgan fingerprint density at radius 1 is 1.07 bits per heavy atom. The molecule has 6 nitrogen and oxygen atoms in total. The number of hydrogen-bond donors (Lipinski definition) is 2. The second-order valence-electron chi connectivity index (χ2n) is 7.97. The molecule has 28 heavy (non-hydrogen) atoms. The summed E-state index contributed by atoms with van der Waals surface area (Å²) in [7, 11) is 0. The number of halogens is 1. The van der Waals surface area contributed by atoms with E-state index in [9.17, 15) is 4.79 Å². The molecule has 1 amide bonds. The number of likely N-dealkylation sites (tertiary alicyclic amines) is 2. The molecule has 164 valence electrons. The Balaban J connectivity index is 0.00000392. The molecule has 0 aromatic carbocycles. The molecule has 2 fully saturated rings. The zero-order valence-electron chi connectivity index (χ0n) is 18.0. The lowest BCUT2D eigenvalue weighted by Gasteiger charge is -2.33. The molecular weight excluding hydrogens is 465 g/mol. The molecule has 7 heteroatoms. The lowest BCUT2D eigenvalue weighted by atomic mass is 10.0. The van der Waals surface area contributed by atoms with E-state index in [4.69, 9.17) is 0 Å². The number of nitrogens with zero attached hydrogens (tertiary/aromatic N) is 3. The van der Waals surface area contributed by atoms with Gasteiger partial charge in [0.1, 0.15) is 0 Å². The van der Waals surface area contributed by atoms with E-state index in [2.05, 4.69) is 34.4 Å². The Hall–Kier alpha value is -0.570. The Morgan fingerprint density at radius 2 is 1.89 bits per heavy atom. The zero-order chi connectivity index (χ0) is 19.3. The van der Waals surface area contributed by atoms with Crippen LogP contribution in [0.4, 0.5) is 0 Å². The molecule has 0 radical (unpaired) electrons. The van der Waals surface area contributed by atoms with Crippen molar-refractivity contribution in [1.29, 1.82) is 0 Å². The minimum absolute atomic E-state index is 0. The van der Waals surface area contributed by atoms with E-state index < -0.39 is 0 Å². The van der Waals surface area contributed by atoms with Gasteiger partial charge in [-0.1, -0.05) is 12.8 Å². The van der Waals surface area contributed by atoms with E-state index in [0.717, 1.165) is 76.8 Å². The third-order valence-corrected chi connectivity index (χ3v) is 5.73. The minimum Gasteiger partial charge on any atom is -0.357 e. The summed E-state index contributed by atoms with van der Waals surface area (Å²) in [5.41, 5.74) is 0. The fourth-order valence-corrected chi connectivity index (χ4v) is 4.05. The van der Waals surface area contributed by atoms with Gasteiger partial charge in [-0.05, 0) is 58.9 Å².